The van der Waals surface area contributed by atoms with E-state index in [4.69, 9.17) is 67.8 Å². The summed E-state index contributed by atoms with van der Waals surface area (Å²) in [5.41, 5.74) is 0. The standard InChI is InChI=1S/C12H18O4S4/c1-7(17)13-11(14-8(2)18)5-6-12(15-9(3)19)16-10(4)20/h11-12H,5-6H2,1-4H3. The molecule has 0 heterocycles. The van der Waals surface area contributed by atoms with E-state index < -0.39 is 12.6 Å². The van der Waals surface area contributed by atoms with Gasteiger partial charge >= 0.3 is 0 Å². The third-order valence-corrected chi connectivity index (χ3v) is 2.21. The molecular weight excluding hydrogens is 336 g/mol. The van der Waals surface area contributed by atoms with Gasteiger partial charge < -0.3 is 18.9 Å². The lowest BCUT2D eigenvalue weighted by Gasteiger charge is -2.23. The van der Waals surface area contributed by atoms with E-state index in [-0.39, 0.29) is 0 Å². The first-order valence-corrected chi connectivity index (χ1v) is 7.53. The summed E-state index contributed by atoms with van der Waals surface area (Å²) in [5.74, 6) is 0. The Morgan fingerprint density at radius 1 is 0.600 bits per heavy atom. The number of hydrogen-bond donors (Lipinski definition) is 0. The number of ether oxygens (including phenoxy) is 4. The molecule has 0 aliphatic carbocycles. The van der Waals surface area contributed by atoms with Crippen LogP contribution in [0.1, 0.15) is 40.5 Å². The van der Waals surface area contributed by atoms with Crippen molar-refractivity contribution in [1.82, 2.24) is 0 Å². The molecule has 4 nitrogen and oxygen atoms in total. The van der Waals surface area contributed by atoms with Crippen LogP contribution in [0.15, 0.2) is 0 Å². The molecule has 0 aromatic carbocycles. The first-order chi connectivity index (χ1) is 9.20. The fraction of sp³-hybridized carbons (Fsp3) is 0.667. The molecule has 0 atom stereocenters. The summed E-state index contributed by atoms with van der Waals surface area (Å²) < 4.78 is 21.5. The van der Waals surface area contributed by atoms with Crippen LogP contribution in [0.3, 0.4) is 0 Å². The van der Waals surface area contributed by atoms with Gasteiger partial charge in [0, 0.05) is 40.5 Å². The van der Waals surface area contributed by atoms with Crippen LogP contribution in [0, 0.1) is 0 Å². The predicted molar refractivity (Wildman–Crippen MR) is 94.2 cm³/mol. The minimum atomic E-state index is -0.574. The highest BCUT2D eigenvalue weighted by molar-refractivity contribution is 7.80. The highest BCUT2D eigenvalue weighted by Crippen LogP contribution is 2.13. The van der Waals surface area contributed by atoms with E-state index in [0.717, 1.165) is 0 Å². The van der Waals surface area contributed by atoms with Crippen LogP contribution in [0.2, 0.25) is 0 Å². The van der Waals surface area contributed by atoms with Crippen LogP contribution < -0.4 is 0 Å². The third kappa shape index (κ3) is 11.4. The van der Waals surface area contributed by atoms with E-state index in [0.29, 0.717) is 33.0 Å². The number of thiocarbonyl (C=S) groups is 4. The van der Waals surface area contributed by atoms with Crippen molar-refractivity contribution in [3.63, 3.8) is 0 Å². The van der Waals surface area contributed by atoms with Gasteiger partial charge in [-0.25, -0.2) is 0 Å². The molecule has 0 aromatic rings. The normalized spacial score (nSPS) is 10.1. The maximum Gasteiger partial charge on any atom is 0.242 e. The molecule has 0 fully saturated rings. The number of hydrogen-bond acceptors (Lipinski definition) is 8. The maximum absolute atomic E-state index is 5.37. The lowest BCUT2D eigenvalue weighted by atomic mass is 10.3. The number of rotatable bonds is 7. The van der Waals surface area contributed by atoms with E-state index >= 15 is 0 Å². The molecule has 20 heavy (non-hydrogen) atoms. The second-order valence-electron chi connectivity index (χ2n) is 3.87. The summed E-state index contributed by atoms with van der Waals surface area (Å²) >= 11 is 19.6. The lowest BCUT2D eigenvalue weighted by Crippen LogP contribution is -2.26. The molecule has 0 saturated heterocycles. The molecule has 0 radical (unpaired) electrons. The first-order valence-electron chi connectivity index (χ1n) is 5.89. The van der Waals surface area contributed by atoms with Crippen molar-refractivity contribution in [1.29, 1.82) is 0 Å². The van der Waals surface area contributed by atoms with Crippen molar-refractivity contribution >= 4 is 69.1 Å². The Morgan fingerprint density at radius 3 is 0.950 bits per heavy atom. The molecule has 8 heteroatoms. The largest absolute Gasteiger partial charge is 0.449 e. The maximum atomic E-state index is 5.37. The summed E-state index contributed by atoms with van der Waals surface area (Å²) in [6, 6.07) is 0. The van der Waals surface area contributed by atoms with E-state index in [1.807, 2.05) is 0 Å². The van der Waals surface area contributed by atoms with Crippen LogP contribution in [0.5, 0.6) is 0 Å². The molecule has 0 amide bonds. The minimum absolute atomic E-state index is 0.377. The van der Waals surface area contributed by atoms with Gasteiger partial charge in [0.05, 0.1) is 0 Å². The van der Waals surface area contributed by atoms with E-state index in [2.05, 4.69) is 0 Å². The predicted octanol–water partition coefficient (Wildman–Crippen LogP) is 3.87. The summed E-state index contributed by atoms with van der Waals surface area (Å²) in [6.45, 7) is 6.66. The van der Waals surface area contributed by atoms with Gasteiger partial charge in [0.2, 0.25) is 12.6 Å². The van der Waals surface area contributed by atoms with E-state index in [1.54, 1.807) is 27.7 Å². The van der Waals surface area contributed by atoms with Gasteiger partial charge in [-0.3, -0.25) is 0 Å². The first kappa shape index (κ1) is 19.6. The summed E-state index contributed by atoms with van der Waals surface area (Å²) in [6.07, 6.45) is -0.207. The van der Waals surface area contributed by atoms with Gasteiger partial charge in [0.1, 0.15) is 0 Å². The van der Waals surface area contributed by atoms with Crippen molar-refractivity contribution in [2.45, 2.75) is 53.1 Å². The van der Waals surface area contributed by atoms with Crippen LogP contribution in [-0.2, 0) is 18.9 Å². The molecule has 0 N–H and O–H groups in total. The average Bonchev–Trinajstić information content (AvgIpc) is 2.22. The van der Waals surface area contributed by atoms with Crippen LogP contribution in [0.25, 0.3) is 0 Å². The Hall–Kier alpha value is -0.440. The van der Waals surface area contributed by atoms with Crippen molar-refractivity contribution in [2.24, 2.45) is 0 Å². The Kier molecular flexibility index (Phi) is 10.1. The van der Waals surface area contributed by atoms with Gasteiger partial charge in [0.15, 0.2) is 20.2 Å². The fourth-order valence-electron chi connectivity index (χ4n) is 1.30. The summed E-state index contributed by atoms with van der Waals surface area (Å²) in [5, 5.41) is 1.51. The monoisotopic (exact) mass is 354 g/mol. The Bertz CT molecular complexity index is 316. The second kappa shape index (κ2) is 10.3. The van der Waals surface area contributed by atoms with Crippen molar-refractivity contribution < 1.29 is 18.9 Å². The van der Waals surface area contributed by atoms with Crippen molar-refractivity contribution in [3.8, 4) is 0 Å². The molecule has 114 valence electrons. The smallest absolute Gasteiger partial charge is 0.242 e. The van der Waals surface area contributed by atoms with Gasteiger partial charge in [-0.05, 0) is 48.9 Å². The molecule has 0 spiro atoms. The Labute approximate surface area is 141 Å². The quantitative estimate of drug-likeness (QED) is 0.504. The molecular formula is C12H18O4S4. The highest BCUT2D eigenvalue weighted by Gasteiger charge is 2.19. The van der Waals surface area contributed by atoms with E-state index in [9.17, 15) is 0 Å². The molecule has 0 bridgehead atoms. The molecule has 0 aliphatic rings. The van der Waals surface area contributed by atoms with Gasteiger partial charge in [-0.2, -0.15) is 0 Å². The van der Waals surface area contributed by atoms with Crippen LogP contribution in [0.4, 0.5) is 0 Å². The summed E-state index contributed by atoms with van der Waals surface area (Å²) in [4.78, 5) is 0. The average molecular weight is 355 g/mol. The summed E-state index contributed by atoms with van der Waals surface area (Å²) in [7, 11) is 0. The van der Waals surface area contributed by atoms with Gasteiger partial charge in [0.25, 0.3) is 0 Å². The molecule has 0 aliphatic heterocycles. The fourth-order valence-corrected chi connectivity index (χ4v) is 1.73. The highest BCUT2D eigenvalue weighted by atomic mass is 32.1. The van der Waals surface area contributed by atoms with Crippen LogP contribution in [-0.4, -0.2) is 32.8 Å². The minimum Gasteiger partial charge on any atom is -0.449 e. The lowest BCUT2D eigenvalue weighted by molar-refractivity contribution is -0.0601. The second-order valence-corrected chi connectivity index (χ2v) is 6.17. The molecule has 0 aromatic heterocycles. The topological polar surface area (TPSA) is 36.9 Å². The SMILES string of the molecule is CC(=S)OC(CCC(OC(C)=S)OC(C)=S)OC(C)=S. The van der Waals surface area contributed by atoms with Crippen molar-refractivity contribution in [2.75, 3.05) is 0 Å². The zero-order valence-electron chi connectivity index (χ0n) is 11.8. The molecule has 0 unspecified atom stereocenters. The van der Waals surface area contributed by atoms with Crippen LogP contribution >= 0.6 is 48.9 Å². The molecule has 0 rings (SSSR count). The van der Waals surface area contributed by atoms with Crippen molar-refractivity contribution in [3.05, 3.63) is 0 Å². The van der Waals surface area contributed by atoms with Gasteiger partial charge in [-0.1, -0.05) is 0 Å². The van der Waals surface area contributed by atoms with E-state index in [1.165, 1.54) is 0 Å². The third-order valence-electron chi connectivity index (χ3n) is 1.83. The zero-order valence-corrected chi connectivity index (χ0v) is 15.1. The Balaban J connectivity index is 4.49. The van der Waals surface area contributed by atoms with Gasteiger partial charge in [-0.15, -0.1) is 0 Å². The zero-order chi connectivity index (χ0) is 15.7. The molecule has 0 saturated carbocycles. The Morgan fingerprint density at radius 2 is 0.800 bits per heavy atom.